The molecule has 0 atom stereocenters. The van der Waals surface area contributed by atoms with Crippen LogP contribution in [0, 0.1) is 0 Å². The third-order valence-corrected chi connectivity index (χ3v) is 6.65. The SMILES string of the molecule is CCCCc1ccc(C2=C3C(=C(c4ccccc4)c4cccnc43)c3ccccc32)cc1. The zero-order valence-corrected chi connectivity index (χ0v) is 18.3. The van der Waals surface area contributed by atoms with Crippen LogP contribution in [0.25, 0.3) is 22.3 Å². The number of allylic oxidation sites excluding steroid dienone is 2. The molecule has 3 aromatic carbocycles. The van der Waals surface area contributed by atoms with E-state index in [1.54, 1.807) is 0 Å². The molecule has 0 saturated heterocycles. The van der Waals surface area contributed by atoms with Crippen LogP contribution in [0.1, 0.15) is 58.8 Å². The molecular formula is C31H25N. The van der Waals surface area contributed by atoms with Crippen molar-refractivity contribution in [3.8, 4) is 0 Å². The van der Waals surface area contributed by atoms with Gasteiger partial charge >= 0.3 is 0 Å². The van der Waals surface area contributed by atoms with Crippen LogP contribution in [0.15, 0.2) is 97.2 Å². The van der Waals surface area contributed by atoms with E-state index in [1.165, 1.54) is 68.5 Å². The molecule has 1 nitrogen and oxygen atoms in total. The maximum Gasteiger partial charge on any atom is 0.0793 e. The van der Waals surface area contributed by atoms with Gasteiger partial charge in [0.15, 0.2) is 0 Å². The lowest BCUT2D eigenvalue weighted by atomic mass is 9.93. The minimum atomic E-state index is 1.10. The van der Waals surface area contributed by atoms with Crippen LogP contribution in [0.4, 0.5) is 0 Å². The van der Waals surface area contributed by atoms with Crippen LogP contribution in [0.5, 0.6) is 0 Å². The fourth-order valence-electron chi connectivity index (χ4n) is 5.17. The molecule has 0 radical (unpaired) electrons. The zero-order chi connectivity index (χ0) is 21.5. The van der Waals surface area contributed by atoms with Gasteiger partial charge in [0.1, 0.15) is 0 Å². The number of aryl methyl sites for hydroxylation is 1. The Bertz CT molecular complexity index is 1370. The van der Waals surface area contributed by atoms with Crippen molar-refractivity contribution in [2.45, 2.75) is 26.2 Å². The van der Waals surface area contributed by atoms with E-state index in [0.717, 1.165) is 12.1 Å². The van der Waals surface area contributed by atoms with Gasteiger partial charge in [-0.15, -0.1) is 0 Å². The van der Waals surface area contributed by atoms with Crippen molar-refractivity contribution in [1.82, 2.24) is 4.98 Å². The summed E-state index contributed by atoms with van der Waals surface area (Å²) < 4.78 is 0. The lowest BCUT2D eigenvalue weighted by molar-refractivity contribution is 0.795. The number of hydrogen-bond donors (Lipinski definition) is 0. The number of unbranched alkanes of at least 4 members (excludes halogenated alkanes) is 1. The van der Waals surface area contributed by atoms with Crippen molar-refractivity contribution in [1.29, 1.82) is 0 Å². The summed E-state index contributed by atoms with van der Waals surface area (Å²) in [7, 11) is 0. The lowest BCUT2D eigenvalue weighted by Gasteiger charge is -2.11. The highest BCUT2D eigenvalue weighted by molar-refractivity contribution is 6.34. The first-order chi connectivity index (χ1) is 15.9. The smallest absolute Gasteiger partial charge is 0.0793 e. The fraction of sp³-hybridized carbons (Fsp3) is 0.129. The largest absolute Gasteiger partial charge is 0.256 e. The molecule has 0 fully saturated rings. The van der Waals surface area contributed by atoms with Gasteiger partial charge in [0.25, 0.3) is 0 Å². The van der Waals surface area contributed by atoms with Crippen molar-refractivity contribution >= 4 is 22.3 Å². The number of pyridine rings is 1. The Hall–Kier alpha value is -3.71. The average molecular weight is 412 g/mol. The van der Waals surface area contributed by atoms with E-state index < -0.39 is 0 Å². The highest BCUT2D eigenvalue weighted by Gasteiger charge is 2.37. The van der Waals surface area contributed by atoms with Crippen molar-refractivity contribution < 1.29 is 0 Å². The molecule has 1 heterocycles. The quantitative estimate of drug-likeness (QED) is 0.328. The first-order valence-electron chi connectivity index (χ1n) is 11.6. The molecule has 2 aliphatic carbocycles. The molecule has 0 bridgehead atoms. The maximum atomic E-state index is 4.90. The molecule has 32 heavy (non-hydrogen) atoms. The van der Waals surface area contributed by atoms with E-state index in [1.807, 2.05) is 6.20 Å². The van der Waals surface area contributed by atoms with E-state index in [9.17, 15) is 0 Å². The van der Waals surface area contributed by atoms with Gasteiger partial charge < -0.3 is 0 Å². The first-order valence-corrected chi connectivity index (χ1v) is 11.6. The van der Waals surface area contributed by atoms with Crippen LogP contribution in [-0.2, 0) is 6.42 Å². The number of hydrogen-bond acceptors (Lipinski definition) is 1. The van der Waals surface area contributed by atoms with E-state index in [-0.39, 0.29) is 0 Å². The molecule has 154 valence electrons. The number of nitrogens with zero attached hydrogens (tertiary/aromatic N) is 1. The van der Waals surface area contributed by atoms with Gasteiger partial charge in [0.05, 0.1) is 5.69 Å². The first kappa shape index (κ1) is 19.0. The second kappa shape index (κ2) is 7.76. The number of fused-ring (bicyclic) bond motifs is 5. The summed E-state index contributed by atoms with van der Waals surface area (Å²) >= 11 is 0. The topological polar surface area (TPSA) is 12.9 Å². The predicted molar refractivity (Wildman–Crippen MR) is 134 cm³/mol. The Kier molecular flexibility index (Phi) is 4.61. The van der Waals surface area contributed by atoms with E-state index in [4.69, 9.17) is 4.98 Å². The predicted octanol–water partition coefficient (Wildman–Crippen LogP) is 7.67. The molecule has 2 aliphatic rings. The Balaban J connectivity index is 1.63. The summed E-state index contributed by atoms with van der Waals surface area (Å²) in [5.41, 5.74) is 14.1. The van der Waals surface area contributed by atoms with Crippen LogP contribution < -0.4 is 0 Å². The third kappa shape index (κ3) is 2.89. The van der Waals surface area contributed by atoms with Gasteiger partial charge in [-0.05, 0) is 57.9 Å². The van der Waals surface area contributed by atoms with E-state index in [0.29, 0.717) is 0 Å². The van der Waals surface area contributed by atoms with Crippen molar-refractivity contribution in [2.24, 2.45) is 0 Å². The number of rotatable bonds is 5. The number of aromatic nitrogens is 1. The van der Waals surface area contributed by atoms with Crippen LogP contribution in [0.2, 0.25) is 0 Å². The second-order valence-electron chi connectivity index (χ2n) is 8.61. The third-order valence-electron chi connectivity index (χ3n) is 6.65. The van der Waals surface area contributed by atoms with Gasteiger partial charge in [0.2, 0.25) is 0 Å². The van der Waals surface area contributed by atoms with Gasteiger partial charge in [0, 0.05) is 22.9 Å². The molecule has 0 aliphatic heterocycles. The van der Waals surface area contributed by atoms with Crippen molar-refractivity contribution in [2.75, 3.05) is 0 Å². The molecule has 1 aromatic heterocycles. The van der Waals surface area contributed by atoms with Gasteiger partial charge in [-0.1, -0.05) is 98.3 Å². The Labute approximate surface area is 189 Å². The molecule has 6 rings (SSSR count). The Morgan fingerprint density at radius 3 is 1.94 bits per heavy atom. The van der Waals surface area contributed by atoms with Crippen molar-refractivity contribution in [3.63, 3.8) is 0 Å². The van der Waals surface area contributed by atoms with Gasteiger partial charge in [-0.25, -0.2) is 0 Å². The standard InChI is InChI=1S/C31H25N/c1-2-3-10-21-16-18-23(19-17-21)27-24-13-7-8-14-25(24)29-28(22-11-5-4-6-12-22)26-15-9-20-32-31(26)30(27)29/h4-9,11-20H,2-3,10H2,1H3. The zero-order valence-electron chi connectivity index (χ0n) is 18.3. The summed E-state index contributed by atoms with van der Waals surface area (Å²) in [6.45, 7) is 2.25. The van der Waals surface area contributed by atoms with Crippen LogP contribution in [-0.4, -0.2) is 4.98 Å². The summed E-state index contributed by atoms with van der Waals surface area (Å²) in [6.07, 6.45) is 5.53. The normalized spacial score (nSPS) is 13.9. The summed E-state index contributed by atoms with van der Waals surface area (Å²) in [6, 6.07) is 33.1. The summed E-state index contributed by atoms with van der Waals surface area (Å²) in [4.78, 5) is 4.90. The summed E-state index contributed by atoms with van der Waals surface area (Å²) in [5.74, 6) is 0. The van der Waals surface area contributed by atoms with Gasteiger partial charge in [-0.3, -0.25) is 4.98 Å². The molecule has 0 N–H and O–H groups in total. The lowest BCUT2D eigenvalue weighted by Crippen LogP contribution is -1.94. The minimum Gasteiger partial charge on any atom is -0.256 e. The monoisotopic (exact) mass is 411 g/mol. The molecule has 0 saturated carbocycles. The second-order valence-corrected chi connectivity index (χ2v) is 8.61. The highest BCUT2D eigenvalue weighted by Crippen LogP contribution is 2.57. The minimum absolute atomic E-state index is 1.10. The van der Waals surface area contributed by atoms with Crippen LogP contribution in [0.3, 0.4) is 0 Å². The maximum absolute atomic E-state index is 4.90. The molecule has 0 spiro atoms. The van der Waals surface area contributed by atoms with E-state index in [2.05, 4.69) is 97.9 Å². The molecular weight excluding hydrogens is 386 g/mol. The summed E-state index contributed by atoms with van der Waals surface area (Å²) in [5, 5.41) is 0. The molecule has 1 heteroatoms. The highest BCUT2D eigenvalue weighted by atomic mass is 14.7. The van der Waals surface area contributed by atoms with Crippen molar-refractivity contribution in [3.05, 3.63) is 136 Å². The average Bonchev–Trinajstić information content (AvgIpc) is 3.36. The van der Waals surface area contributed by atoms with Crippen LogP contribution >= 0.6 is 0 Å². The number of benzene rings is 3. The Morgan fingerprint density at radius 1 is 0.562 bits per heavy atom. The molecule has 0 amide bonds. The molecule has 0 unspecified atom stereocenters. The van der Waals surface area contributed by atoms with Gasteiger partial charge in [-0.2, -0.15) is 0 Å². The van der Waals surface area contributed by atoms with E-state index >= 15 is 0 Å². The Morgan fingerprint density at radius 2 is 1.19 bits per heavy atom. The fourth-order valence-corrected chi connectivity index (χ4v) is 5.17. The molecule has 4 aromatic rings.